The van der Waals surface area contributed by atoms with Crippen LogP contribution in [0.15, 0.2) is 10.3 Å². The van der Waals surface area contributed by atoms with Crippen molar-refractivity contribution < 1.29 is 4.74 Å². The Hall–Kier alpha value is -0.720. The molecule has 0 bridgehead atoms. The Morgan fingerprint density at radius 2 is 1.88 bits per heavy atom. The predicted octanol–water partition coefficient (Wildman–Crippen LogP) is 0.980. The molecule has 0 amide bonds. The third-order valence-electron chi connectivity index (χ3n) is 2.04. The molecular weight excluding hydrogens is 206 g/mol. The molecule has 0 aliphatic carbocycles. The lowest BCUT2D eigenvalue weighted by Gasteiger charge is -2.33. The van der Waals surface area contributed by atoms with Crippen molar-refractivity contribution >= 4 is 0 Å². The highest BCUT2D eigenvalue weighted by atomic mass is 16.5. The molecule has 0 aromatic heterocycles. The van der Waals surface area contributed by atoms with E-state index in [-0.39, 0.29) is 12.2 Å². The van der Waals surface area contributed by atoms with Gasteiger partial charge in [0.25, 0.3) is 0 Å². The standard InChI is InChI=1S/C6H15N5O.2C2H6/c1-11-2-3-12-4-5(11)6(7)9-10-8;2*1-2/h5-6H,2-4,7H2,1H3,(H2,8,9);2*1-2H3. The zero-order valence-corrected chi connectivity index (χ0v) is 11.2. The molecule has 6 heteroatoms. The zero-order valence-electron chi connectivity index (χ0n) is 11.2. The van der Waals surface area contributed by atoms with Crippen LogP contribution in [-0.4, -0.2) is 43.9 Å². The molecular formula is C10H27N5O. The Kier molecular flexibility index (Phi) is 13.6. The lowest BCUT2D eigenvalue weighted by atomic mass is 10.2. The molecule has 1 saturated heterocycles. The van der Waals surface area contributed by atoms with Crippen molar-refractivity contribution in [3.8, 4) is 0 Å². The Morgan fingerprint density at radius 3 is 2.31 bits per heavy atom. The van der Waals surface area contributed by atoms with Gasteiger partial charge in [-0.1, -0.05) is 32.9 Å². The molecule has 16 heavy (non-hydrogen) atoms. The minimum Gasteiger partial charge on any atom is -0.378 e. The summed E-state index contributed by atoms with van der Waals surface area (Å²) in [5.41, 5.74) is 5.69. The van der Waals surface area contributed by atoms with Gasteiger partial charge in [0.05, 0.1) is 19.3 Å². The highest BCUT2D eigenvalue weighted by Crippen LogP contribution is 2.07. The number of hydrogen-bond acceptors (Lipinski definition) is 5. The van der Waals surface area contributed by atoms with Crippen LogP contribution in [0.25, 0.3) is 0 Å². The van der Waals surface area contributed by atoms with Crippen molar-refractivity contribution in [2.75, 3.05) is 26.8 Å². The van der Waals surface area contributed by atoms with E-state index in [0.29, 0.717) is 6.61 Å². The quantitative estimate of drug-likeness (QED) is 0.422. The molecule has 1 heterocycles. The molecule has 4 N–H and O–H groups in total. The van der Waals surface area contributed by atoms with Crippen molar-refractivity contribution in [1.82, 2.24) is 4.90 Å². The molecule has 0 aromatic rings. The summed E-state index contributed by atoms with van der Waals surface area (Å²) in [7, 11) is 1.99. The van der Waals surface area contributed by atoms with Gasteiger partial charge >= 0.3 is 0 Å². The Labute approximate surface area is 99.0 Å². The first-order chi connectivity index (χ1) is 7.75. The number of nitrogens with two attached hydrogens (primary N) is 2. The lowest BCUT2D eigenvalue weighted by molar-refractivity contribution is -0.00331. The smallest absolute Gasteiger partial charge is 0.138 e. The summed E-state index contributed by atoms with van der Waals surface area (Å²) >= 11 is 0. The van der Waals surface area contributed by atoms with Crippen LogP contribution in [-0.2, 0) is 4.74 Å². The van der Waals surface area contributed by atoms with Gasteiger partial charge in [-0.15, -0.1) is 0 Å². The molecule has 0 spiro atoms. The van der Waals surface area contributed by atoms with E-state index in [9.17, 15) is 0 Å². The van der Waals surface area contributed by atoms with Crippen LogP contribution in [0, 0.1) is 0 Å². The van der Waals surface area contributed by atoms with Gasteiger partial charge in [0.2, 0.25) is 0 Å². The summed E-state index contributed by atoms with van der Waals surface area (Å²) < 4.78 is 5.26. The van der Waals surface area contributed by atoms with Crippen LogP contribution < -0.4 is 11.6 Å². The first-order valence-corrected chi connectivity index (χ1v) is 5.89. The van der Waals surface area contributed by atoms with E-state index in [1.54, 1.807) is 0 Å². The summed E-state index contributed by atoms with van der Waals surface area (Å²) in [6, 6.07) is 0.0889. The second-order valence-corrected chi connectivity index (χ2v) is 2.84. The monoisotopic (exact) mass is 233 g/mol. The average Bonchev–Trinajstić information content (AvgIpc) is 2.35. The summed E-state index contributed by atoms with van der Waals surface area (Å²) in [5, 5.41) is 6.82. The number of morpholine rings is 1. The Balaban J connectivity index is 0. The van der Waals surface area contributed by atoms with Gasteiger partial charge in [-0.25, -0.2) is 0 Å². The molecule has 1 rings (SSSR count). The molecule has 2 unspecified atom stereocenters. The minimum absolute atomic E-state index is 0.0889. The number of hydrogen-bond donors (Lipinski definition) is 2. The number of ether oxygens (including phenoxy) is 1. The van der Waals surface area contributed by atoms with Gasteiger partial charge in [-0.2, -0.15) is 5.11 Å². The van der Waals surface area contributed by atoms with Crippen molar-refractivity contribution in [3.63, 3.8) is 0 Å². The second kappa shape index (κ2) is 12.4. The Morgan fingerprint density at radius 1 is 1.31 bits per heavy atom. The highest BCUT2D eigenvalue weighted by Gasteiger charge is 2.25. The van der Waals surface area contributed by atoms with Gasteiger partial charge in [0, 0.05) is 6.54 Å². The fourth-order valence-electron chi connectivity index (χ4n) is 1.22. The largest absolute Gasteiger partial charge is 0.378 e. The van der Waals surface area contributed by atoms with Crippen molar-refractivity contribution in [2.24, 2.45) is 21.9 Å². The van der Waals surface area contributed by atoms with Crippen molar-refractivity contribution in [3.05, 3.63) is 0 Å². The summed E-state index contributed by atoms with van der Waals surface area (Å²) in [5.74, 6) is 4.90. The maximum Gasteiger partial charge on any atom is 0.138 e. The SMILES string of the molecule is CC.CC.CN1CCOCC1C(N)/N=N\N. The second-order valence-electron chi connectivity index (χ2n) is 2.84. The third-order valence-corrected chi connectivity index (χ3v) is 2.04. The molecule has 2 atom stereocenters. The molecule has 1 aliphatic heterocycles. The number of nitrogens with zero attached hydrogens (tertiary/aromatic N) is 3. The molecule has 0 saturated carbocycles. The number of rotatable bonds is 2. The predicted molar refractivity (Wildman–Crippen MR) is 67.0 cm³/mol. The van der Waals surface area contributed by atoms with Crippen LogP contribution in [0.3, 0.4) is 0 Å². The van der Waals surface area contributed by atoms with E-state index in [1.807, 2.05) is 34.7 Å². The first kappa shape index (κ1) is 17.7. The van der Waals surface area contributed by atoms with Gasteiger partial charge < -0.3 is 16.3 Å². The normalized spacial score (nSPS) is 22.8. The Bertz CT molecular complexity index is 165. The summed E-state index contributed by atoms with van der Waals surface area (Å²) in [4.78, 5) is 2.10. The highest BCUT2D eigenvalue weighted by molar-refractivity contribution is 4.80. The third kappa shape index (κ3) is 6.71. The molecule has 0 radical (unpaired) electrons. The van der Waals surface area contributed by atoms with E-state index in [4.69, 9.17) is 16.3 Å². The average molecular weight is 233 g/mol. The maximum atomic E-state index is 5.69. The van der Waals surface area contributed by atoms with E-state index >= 15 is 0 Å². The van der Waals surface area contributed by atoms with Gasteiger partial charge in [0.1, 0.15) is 6.17 Å². The minimum atomic E-state index is -0.389. The number of likely N-dealkylation sites (N-methyl/N-ethyl adjacent to an activating group) is 1. The van der Waals surface area contributed by atoms with Crippen LogP contribution in [0.4, 0.5) is 0 Å². The maximum absolute atomic E-state index is 5.69. The van der Waals surface area contributed by atoms with E-state index in [2.05, 4.69) is 15.2 Å². The van der Waals surface area contributed by atoms with E-state index in [1.165, 1.54) is 0 Å². The molecule has 1 fully saturated rings. The zero-order chi connectivity index (χ0) is 13.0. The van der Waals surface area contributed by atoms with Crippen LogP contribution >= 0.6 is 0 Å². The van der Waals surface area contributed by atoms with E-state index < -0.39 is 0 Å². The van der Waals surface area contributed by atoms with Crippen molar-refractivity contribution in [1.29, 1.82) is 0 Å². The fraction of sp³-hybridized carbons (Fsp3) is 1.00. The molecule has 98 valence electrons. The molecule has 0 aromatic carbocycles. The summed E-state index contributed by atoms with van der Waals surface area (Å²) in [6.07, 6.45) is -0.389. The van der Waals surface area contributed by atoms with Gasteiger partial charge in [-0.3, -0.25) is 4.90 Å². The van der Waals surface area contributed by atoms with E-state index in [0.717, 1.165) is 13.2 Å². The molecule has 6 nitrogen and oxygen atoms in total. The van der Waals surface area contributed by atoms with Crippen LogP contribution in [0.5, 0.6) is 0 Å². The first-order valence-electron chi connectivity index (χ1n) is 5.89. The summed E-state index contributed by atoms with van der Waals surface area (Å²) in [6.45, 7) is 10.2. The van der Waals surface area contributed by atoms with Gasteiger partial charge in [-0.05, 0) is 7.05 Å². The van der Waals surface area contributed by atoms with Crippen LogP contribution in [0.1, 0.15) is 27.7 Å². The fourth-order valence-corrected chi connectivity index (χ4v) is 1.22. The topological polar surface area (TPSA) is 89.2 Å². The molecule has 1 aliphatic rings. The van der Waals surface area contributed by atoms with Crippen molar-refractivity contribution in [2.45, 2.75) is 39.9 Å². The van der Waals surface area contributed by atoms with Gasteiger partial charge in [0.15, 0.2) is 0 Å². The van der Waals surface area contributed by atoms with Crippen LogP contribution in [0.2, 0.25) is 0 Å². The lowest BCUT2D eigenvalue weighted by Crippen LogP contribution is -2.52.